The molecule has 1 aliphatic heterocycles. The van der Waals surface area contributed by atoms with E-state index in [0.29, 0.717) is 12.8 Å². The number of benzene rings is 1. The molecule has 1 aromatic rings. The van der Waals surface area contributed by atoms with E-state index in [4.69, 9.17) is 4.74 Å². The van der Waals surface area contributed by atoms with Gasteiger partial charge in [-0.1, -0.05) is 32.9 Å². The van der Waals surface area contributed by atoms with Crippen LogP contribution in [0.5, 0.6) is 5.75 Å². The predicted octanol–water partition coefficient (Wildman–Crippen LogP) is 2.91. The first-order valence-electron chi connectivity index (χ1n) is 10.5. The third-order valence-corrected chi connectivity index (χ3v) is 5.65. The number of para-hydroxylation sites is 2. The highest BCUT2D eigenvalue weighted by atomic mass is 19.3. The summed E-state index contributed by atoms with van der Waals surface area (Å²) in [5.74, 6) is -2.27. The van der Waals surface area contributed by atoms with Crippen LogP contribution in [-0.2, 0) is 19.1 Å². The molecule has 2 aliphatic rings. The molecule has 2 N–H and O–H groups in total. The van der Waals surface area contributed by atoms with Gasteiger partial charge in [0.05, 0.1) is 5.69 Å². The predicted molar refractivity (Wildman–Crippen MR) is 112 cm³/mol. The minimum atomic E-state index is -3.08. The molecule has 1 saturated carbocycles. The molecule has 1 spiro atoms. The number of hydrogen-bond acceptors (Lipinski definition) is 6. The summed E-state index contributed by atoms with van der Waals surface area (Å²) in [5.41, 5.74) is -1.23. The fraction of sp³-hybridized carbons (Fsp3) is 0.545. The van der Waals surface area contributed by atoms with Gasteiger partial charge in [-0.15, -0.1) is 0 Å². The number of anilines is 1. The summed E-state index contributed by atoms with van der Waals surface area (Å²) in [6.45, 7) is 1.63. The summed E-state index contributed by atoms with van der Waals surface area (Å²) in [6, 6.07) is 4.86. The molecule has 2 fully saturated rings. The number of imide groups is 1. The average molecular weight is 467 g/mol. The Bertz CT molecular complexity index is 954. The summed E-state index contributed by atoms with van der Waals surface area (Å²) in [7, 11) is 0. The molecule has 9 nitrogen and oxygen atoms in total. The quantitative estimate of drug-likeness (QED) is 0.471. The van der Waals surface area contributed by atoms with Crippen LogP contribution in [0.25, 0.3) is 0 Å². The van der Waals surface area contributed by atoms with Crippen LogP contribution in [0.2, 0.25) is 0 Å². The highest BCUT2D eigenvalue weighted by molar-refractivity contribution is 6.09. The SMILES string of the molecule is CC1CC(C)(C)CC2(C1)NC(=O)N(CC(=O)OCC(=O)Nc1ccccc1OC(F)F)C2=O. The van der Waals surface area contributed by atoms with E-state index in [-0.39, 0.29) is 22.8 Å². The maximum atomic E-state index is 13.0. The fourth-order valence-corrected chi connectivity index (χ4v) is 4.93. The van der Waals surface area contributed by atoms with Gasteiger partial charge in [-0.25, -0.2) is 4.79 Å². The number of halogens is 2. The van der Waals surface area contributed by atoms with Crippen molar-refractivity contribution in [3.8, 4) is 5.75 Å². The van der Waals surface area contributed by atoms with E-state index in [2.05, 4.69) is 15.4 Å². The molecule has 1 aromatic carbocycles. The van der Waals surface area contributed by atoms with Gasteiger partial charge in [-0.05, 0) is 42.7 Å². The standard InChI is InChI=1S/C22H27F2N3O6/c1-13-8-21(2,3)12-22(9-13)18(30)27(20(31)26-22)10-17(29)32-11-16(28)25-14-6-4-5-7-15(14)33-19(23)24/h4-7,13,19H,8-12H2,1-3H3,(H,25,28)(H,26,31). The van der Waals surface area contributed by atoms with Crippen molar-refractivity contribution in [1.29, 1.82) is 0 Å². The normalized spacial score (nSPS) is 24.1. The number of carbonyl (C=O) groups is 4. The van der Waals surface area contributed by atoms with Crippen LogP contribution in [0.4, 0.5) is 19.3 Å². The van der Waals surface area contributed by atoms with Crippen molar-refractivity contribution in [1.82, 2.24) is 10.2 Å². The summed E-state index contributed by atoms with van der Waals surface area (Å²) >= 11 is 0. The molecule has 0 aromatic heterocycles. The van der Waals surface area contributed by atoms with Gasteiger partial charge < -0.3 is 20.1 Å². The second kappa shape index (κ2) is 9.32. The van der Waals surface area contributed by atoms with Gasteiger partial charge in [0.25, 0.3) is 11.8 Å². The molecule has 2 atom stereocenters. The summed E-state index contributed by atoms with van der Waals surface area (Å²) in [4.78, 5) is 50.6. The number of carbonyl (C=O) groups excluding carboxylic acids is 4. The van der Waals surface area contributed by atoms with Crippen LogP contribution in [0.15, 0.2) is 24.3 Å². The Morgan fingerprint density at radius 3 is 2.61 bits per heavy atom. The lowest BCUT2D eigenvalue weighted by Crippen LogP contribution is -2.54. The molecule has 2 unspecified atom stereocenters. The second-order valence-corrected chi connectivity index (χ2v) is 9.34. The average Bonchev–Trinajstić information content (AvgIpc) is 2.89. The van der Waals surface area contributed by atoms with Gasteiger partial charge in [0, 0.05) is 0 Å². The highest BCUT2D eigenvalue weighted by Gasteiger charge is 2.56. The molecule has 0 radical (unpaired) electrons. The molecule has 0 bridgehead atoms. The lowest BCUT2D eigenvalue weighted by molar-refractivity contribution is -0.150. The third kappa shape index (κ3) is 5.77. The molecular weight excluding hydrogens is 440 g/mol. The van der Waals surface area contributed by atoms with E-state index in [1.807, 2.05) is 20.8 Å². The molecular formula is C22H27F2N3O6. The summed E-state index contributed by atoms with van der Waals surface area (Å²) in [5, 5.41) is 5.06. The molecule has 1 saturated heterocycles. The van der Waals surface area contributed by atoms with Gasteiger partial charge in [0.15, 0.2) is 6.61 Å². The number of urea groups is 1. The Kier molecular flexibility index (Phi) is 6.89. The maximum absolute atomic E-state index is 13.0. The number of esters is 1. The van der Waals surface area contributed by atoms with Crippen LogP contribution >= 0.6 is 0 Å². The van der Waals surface area contributed by atoms with Crippen molar-refractivity contribution < 1.29 is 37.4 Å². The van der Waals surface area contributed by atoms with Crippen LogP contribution < -0.4 is 15.4 Å². The number of amides is 4. The highest BCUT2D eigenvalue weighted by Crippen LogP contribution is 2.46. The second-order valence-electron chi connectivity index (χ2n) is 9.34. The van der Waals surface area contributed by atoms with Gasteiger partial charge in [-0.2, -0.15) is 8.78 Å². The van der Waals surface area contributed by atoms with Crippen LogP contribution in [-0.4, -0.2) is 54.0 Å². The van der Waals surface area contributed by atoms with E-state index < -0.39 is 49.1 Å². The van der Waals surface area contributed by atoms with Crippen molar-refractivity contribution in [3.63, 3.8) is 0 Å². The first-order chi connectivity index (χ1) is 15.4. The van der Waals surface area contributed by atoms with Crippen LogP contribution in [0.3, 0.4) is 0 Å². The van der Waals surface area contributed by atoms with Gasteiger partial charge in [0.1, 0.15) is 17.8 Å². The Labute approximate surface area is 189 Å². The molecule has 4 amide bonds. The van der Waals surface area contributed by atoms with E-state index in [1.54, 1.807) is 0 Å². The Morgan fingerprint density at radius 1 is 1.24 bits per heavy atom. The van der Waals surface area contributed by atoms with Crippen molar-refractivity contribution in [2.45, 2.75) is 52.2 Å². The zero-order valence-electron chi connectivity index (χ0n) is 18.7. The Morgan fingerprint density at radius 2 is 1.94 bits per heavy atom. The lowest BCUT2D eigenvalue weighted by Gasteiger charge is -2.43. The number of ether oxygens (including phenoxy) is 2. The first kappa shape index (κ1) is 24.4. The maximum Gasteiger partial charge on any atom is 0.387 e. The lowest BCUT2D eigenvalue weighted by atomic mass is 9.64. The number of hydrogen-bond donors (Lipinski definition) is 2. The zero-order chi connectivity index (χ0) is 24.4. The molecule has 11 heteroatoms. The smallest absolute Gasteiger partial charge is 0.387 e. The molecule has 33 heavy (non-hydrogen) atoms. The first-order valence-corrected chi connectivity index (χ1v) is 10.5. The van der Waals surface area contributed by atoms with E-state index in [0.717, 1.165) is 11.3 Å². The fourth-order valence-electron chi connectivity index (χ4n) is 4.93. The largest absolute Gasteiger partial charge is 0.454 e. The van der Waals surface area contributed by atoms with Crippen molar-refractivity contribution in [2.24, 2.45) is 11.3 Å². The van der Waals surface area contributed by atoms with Crippen molar-refractivity contribution in [3.05, 3.63) is 24.3 Å². The van der Waals surface area contributed by atoms with E-state index in [9.17, 15) is 28.0 Å². The summed E-state index contributed by atoms with van der Waals surface area (Å²) < 4.78 is 34.1. The zero-order valence-corrected chi connectivity index (χ0v) is 18.7. The van der Waals surface area contributed by atoms with Crippen molar-refractivity contribution >= 4 is 29.5 Å². The number of rotatable bonds is 7. The van der Waals surface area contributed by atoms with E-state index in [1.165, 1.54) is 24.3 Å². The van der Waals surface area contributed by atoms with Crippen molar-refractivity contribution in [2.75, 3.05) is 18.5 Å². The summed E-state index contributed by atoms with van der Waals surface area (Å²) in [6.07, 6.45) is 1.86. The molecule has 180 valence electrons. The van der Waals surface area contributed by atoms with Crippen LogP contribution in [0.1, 0.15) is 40.0 Å². The molecule has 1 aliphatic carbocycles. The van der Waals surface area contributed by atoms with E-state index >= 15 is 0 Å². The molecule has 1 heterocycles. The number of alkyl halides is 2. The van der Waals surface area contributed by atoms with Crippen LogP contribution in [0, 0.1) is 11.3 Å². The monoisotopic (exact) mass is 467 g/mol. The van der Waals surface area contributed by atoms with Gasteiger partial charge in [-0.3, -0.25) is 19.3 Å². The van der Waals surface area contributed by atoms with Gasteiger partial charge >= 0.3 is 18.6 Å². The third-order valence-electron chi connectivity index (χ3n) is 5.65. The number of nitrogens with one attached hydrogen (secondary N) is 2. The minimum Gasteiger partial charge on any atom is -0.454 e. The topological polar surface area (TPSA) is 114 Å². The Balaban J connectivity index is 1.56. The van der Waals surface area contributed by atoms with Gasteiger partial charge in [0.2, 0.25) is 0 Å². The number of nitrogens with zero attached hydrogens (tertiary/aromatic N) is 1. The Hall–Kier alpha value is -3.24. The minimum absolute atomic E-state index is 0.0241. The molecule has 3 rings (SSSR count).